The lowest BCUT2D eigenvalue weighted by Crippen LogP contribution is -2.30. The Bertz CT molecular complexity index is 591. The third-order valence-corrected chi connectivity index (χ3v) is 4.61. The quantitative estimate of drug-likeness (QED) is 0.934. The van der Waals surface area contributed by atoms with Crippen LogP contribution in [-0.4, -0.2) is 23.2 Å². The fraction of sp³-hybridized carbons (Fsp3) is 0.467. The summed E-state index contributed by atoms with van der Waals surface area (Å²) >= 11 is 3.54. The molecule has 1 aromatic heterocycles. The lowest BCUT2D eigenvalue weighted by molar-refractivity contribution is 0.316. The van der Waals surface area contributed by atoms with Gasteiger partial charge in [-0.1, -0.05) is 33.2 Å². The van der Waals surface area contributed by atoms with Crippen molar-refractivity contribution in [1.82, 2.24) is 15.5 Å². The molecule has 1 N–H and O–H groups in total. The normalized spacial score (nSPS) is 19.2. The first kappa shape index (κ1) is 13.8. The standard InChI is InChI=1S/C15H18BrN3O/c1-10-4-5-12(8-13(10)16)15-18-14(20-19-15)7-11-3-2-6-17-9-11/h4-5,8,11,17H,2-3,6-7,9H2,1H3. The smallest absolute Gasteiger partial charge is 0.227 e. The predicted molar refractivity (Wildman–Crippen MR) is 81.5 cm³/mol. The Balaban J connectivity index is 1.73. The van der Waals surface area contributed by atoms with E-state index in [-0.39, 0.29) is 0 Å². The zero-order chi connectivity index (χ0) is 13.9. The summed E-state index contributed by atoms with van der Waals surface area (Å²) < 4.78 is 6.46. The van der Waals surface area contributed by atoms with Gasteiger partial charge < -0.3 is 9.84 Å². The number of nitrogens with zero attached hydrogens (tertiary/aromatic N) is 2. The second kappa shape index (κ2) is 6.06. The maximum Gasteiger partial charge on any atom is 0.227 e. The molecule has 1 aromatic carbocycles. The van der Waals surface area contributed by atoms with Crippen molar-refractivity contribution in [3.63, 3.8) is 0 Å². The van der Waals surface area contributed by atoms with Gasteiger partial charge in [0.05, 0.1) is 0 Å². The number of halogens is 1. The van der Waals surface area contributed by atoms with Gasteiger partial charge in [-0.15, -0.1) is 0 Å². The zero-order valence-electron chi connectivity index (χ0n) is 11.5. The first-order valence-electron chi connectivity index (χ1n) is 7.02. The molecule has 1 saturated heterocycles. The Labute approximate surface area is 127 Å². The summed E-state index contributed by atoms with van der Waals surface area (Å²) in [5.41, 5.74) is 2.19. The van der Waals surface area contributed by atoms with E-state index < -0.39 is 0 Å². The van der Waals surface area contributed by atoms with Gasteiger partial charge in [-0.2, -0.15) is 4.98 Å². The average Bonchev–Trinajstić information content (AvgIpc) is 2.91. The largest absolute Gasteiger partial charge is 0.339 e. The second-order valence-corrected chi connectivity index (χ2v) is 6.25. The summed E-state index contributed by atoms with van der Waals surface area (Å²) in [6, 6.07) is 6.11. The van der Waals surface area contributed by atoms with Crippen LogP contribution in [0.25, 0.3) is 11.4 Å². The van der Waals surface area contributed by atoms with E-state index in [0.717, 1.165) is 35.4 Å². The zero-order valence-corrected chi connectivity index (χ0v) is 13.1. The second-order valence-electron chi connectivity index (χ2n) is 5.39. The molecule has 0 saturated carbocycles. The van der Waals surface area contributed by atoms with Crippen LogP contribution < -0.4 is 5.32 Å². The van der Waals surface area contributed by atoms with Crippen molar-refractivity contribution in [2.24, 2.45) is 5.92 Å². The molecular weight excluding hydrogens is 318 g/mol. The highest BCUT2D eigenvalue weighted by Crippen LogP contribution is 2.24. The Morgan fingerprint density at radius 2 is 2.35 bits per heavy atom. The minimum Gasteiger partial charge on any atom is -0.339 e. The van der Waals surface area contributed by atoms with Crippen LogP contribution in [0.5, 0.6) is 0 Å². The molecule has 1 atom stereocenters. The average molecular weight is 336 g/mol. The van der Waals surface area contributed by atoms with Crippen LogP contribution in [0.2, 0.25) is 0 Å². The number of benzene rings is 1. The summed E-state index contributed by atoms with van der Waals surface area (Å²) in [5, 5.41) is 7.51. The van der Waals surface area contributed by atoms with Gasteiger partial charge in [0.25, 0.3) is 0 Å². The van der Waals surface area contributed by atoms with E-state index in [1.807, 2.05) is 12.1 Å². The number of nitrogens with one attached hydrogen (secondary N) is 1. The van der Waals surface area contributed by atoms with E-state index in [1.54, 1.807) is 0 Å². The molecule has 20 heavy (non-hydrogen) atoms. The van der Waals surface area contributed by atoms with E-state index in [0.29, 0.717) is 11.7 Å². The topological polar surface area (TPSA) is 51.0 Å². The van der Waals surface area contributed by atoms with Crippen molar-refractivity contribution in [2.75, 3.05) is 13.1 Å². The molecule has 4 nitrogen and oxygen atoms in total. The van der Waals surface area contributed by atoms with Crippen LogP contribution in [0.15, 0.2) is 27.2 Å². The Hall–Kier alpha value is -1.20. The number of rotatable bonds is 3. The molecule has 0 bridgehead atoms. The maximum absolute atomic E-state index is 5.39. The van der Waals surface area contributed by atoms with Gasteiger partial charge in [-0.3, -0.25) is 0 Å². The molecule has 0 spiro atoms. The third kappa shape index (κ3) is 3.10. The highest BCUT2D eigenvalue weighted by molar-refractivity contribution is 9.10. The number of aryl methyl sites for hydroxylation is 1. The molecule has 1 aliphatic heterocycles. The molecule has 0 amide bonds. The van der Waals surface area contributed by atoms with Crippen LogP contribution >= 0.6 is 15.9 Å². The molecule has 2 aromatic rings. The molecule has 2 heterocycles. The Kier molecular flexibility index (Phi) is 4.17. The summed E-state index contributed by atoms with van der Waals surface area (Å²) in [5.74, 6) is 2.02. The fourth-order valence-corrected chi connectivity index (χ4v) is 2.91. The van der Waals surface area contributed by atoms with E-state index in [4.69, 9.17) is 4.52 Å². The van der Waals surface area contributed by atoms with Crippen molar-refractivity contribution in [3.05, 3.63) is 34.1 Å². The van der Waals surface area contributed by atoms with Crippen LogP contribution in [-0.2, 0) is 6.42 Å². The summed E-state index contributed by atoms with van der Waals surface area (Å²) in [4.78, 5) is 4.52. The first-order chi connectivity index (χ1) is 9.72. The molecule has 1 aliphatic rings. The molecule has 106 valence electrons. The third-order valence-electron chi connectivity index (χ3n) is 3.76. The van der Waals surface area contributed by atoms with Gasteiger partial charge in [0.15, 0.2) is 0 Å². The van der Waals surface area contributed by atoms with Crippen LogP contribution in [0, 0.1) is 12.8 Å². The summed E-state index contributed by atoms with van der Waals surface area (Å²) in [6.45, 7) is 4.24. The summed E-state index contributed by atoms with van der Waals surface area (Å²) in [7, 11) is 0. The van der Waals surface area contributed by atoms with Gasteiger partial charge in [-0.25, -0.2) is 0 Å². The lowest BCUT2D eigenvalue weighted by atomic mass is 9.96. The highest BCUT2D eigenvalue weighted by Gasteiger charge is 2.17. The molecule has 5 heteroatoms. The number of piperidine rings is 1. The molecule has 1 fully saturated rings. The van der Waals surface area contributed by atoms with E-state index in [1.165, 1.54) is 18.4 Å². The number of hydrogen-bond acceptors (Lipinski definition) is 4. The van der Waals surface area contributed by atoms with Crippen molar-refractivity contribution in [2.45, 2.75) is 26.2 Å². The van der Waals surface area contributed by atoms with Crippen LogP contribution in [0.1, 0.15) is 24.3 Å². The SMILES string of the molecule is Cc1ccc(-c2noc(CC3CCCNC3)n2)cc1Br. The molecule has 1 unspecified atom stereocenters. The first-order valence-corrected chi connectivity index (χ1v) is 7.81. The number of hydrogen-bond donors (Lipinski definition) is 1. The van der Waals surface area contributed by atoms with Crippen molar-refractivity contribution in [3.8, 4) is 11.4 Å². The molecular formula is C15H18BrN3O. The number of aromatic nitrogens is 2. The van der Waals surface area contributed by atoms with Gasteiger partial charge in [-0.05, 0) is 50.4 Å². The Morgan fingerprint density at radius 3 is 3.10 bits per heavy atom. The summed E-state index contributed by atoms with van der Waals surface area (Å²) in [6.07, 6.45) is 3.34. The fourth-order valence-electron chi connectivity index (χ4n) is 2.53. The Morgan fingerprint density at radius 1 is 1.45 bits per heavy atom. The minimum atomic E-state index is 0.613. The van der Waals surface area contributed by atoms with E-state index in [9.17, 15) is 0 Å². The van der Waals surface area contributed by atoms with Crippen molar-refractivity contribution < 1.29 is 4.52 Å². The lowest BCUT2D eigenvalue weighted by Gasteiger charge is -2.20. The predicted octanol–water partition coefficient (Wildman–Crippen LogP) is 3.35. The van der Waals surface area contributed by atoms with Gasteiger partial charge >= 0.3 is 0 Å². The van der Waals surface area contributed by atoms with E-state index >= 15 is 0 Å². The molecule has 0 radical (unpaired) electrons. The maximum atomic E-state index is 5.39. The molecule has 3 rings (SSSR count). The van der Waals surface area contributed by atoms with Crippen LogP contribution in [0.3, 0.4) is 0 Å². The van der Waals surface area contributed by atoms with E-state index in [2.05, 4.69) is 44.4 Å². The van der Waals surface area contributed by atoms with Crippen LogP contribution in [0.4, 0.5) is 0 Å². The minimum absolute atomic E-state index is 0.613. The monoisotopic (exact) mass is 335 g/mol. The van der Waals surface area contributed by atoms with Crippen molar-refractivity contribution in [1.29, 1.82) is 0 Å². The van der Waals surface area contributed by atoms with Gasteiger partial charge in [0, 0.05) is 16.5 Å². The molecule has 0 aliphatic carbocycles. The highest BCUT2D eigenvalue weighted by atomic mass is 79.9. The van der Waals surface area contributed by atoms with Crippen molar-refractivity contribution >= 4 is 15.9 Å². The van der Waals surface area contributed by atoms with Gasteiger partial charge in [0.2, 0.25) is 11.7 Å². The van der Waals surface area contributed by atoms with Gasteiger partial charge in [0.1, 0.15) is 0 Å².